The molecule has 1 heterocycles. The summed E-state index contributed by atoms with van der Waals surface area (Å²) in [6, 6.07) is 17.0. The third-order valence-corrected chi connectivity index (χ3v) is 6.72. The molecule has 0 bridgehead atoms. The number of carbonyl (C=O) groups is 1. The van der Waals surface area contributed by atoms with Gasteiger partial charge in [0.2, 0.25) is 5.91 Å². The molecule has 3 aromatic rings. The molecule has 1 N–H and O–H groups in total. The van der Waals surface area contributed by atoms with E-state index in [1.165, 1.54) is 21.5 Å². The highest BCUT2D eigenvalue weighted by Crippen LogP contribution is 2.28. The summed E-state index contributed by atoms with van der Waals surface area (Å²) in [5.41, 5.74) is 2.00. The molecule has 0 unspecified atom stereocenters. The maximum atomic E-state index is 13.4. The third-order valence-electron chi connectivity index (χ3n) is 4.89. The van der Waals surface area contributed by atoms with Gasteiger partial charge in [-0.15, -0.1) is 0 Å². The number of nitrogens with zero attached hydrogens (tertiary/aromatic N) is 2. The van der Waals surface area contributed by atoms with E-state index in [4.69, 9.17) is 4.42 Å². The van der Waals surface area contributed by atoms with Crippen molar-refractivity contribution in [3.63, 3.8) is 0 Å². The summed E-state index contributed by atoms with van der Waals surface area (Å²) in [5.74, 6) is 0.303. The summed E-state index contributed by atoms with van der Waals surface area (Å²) in [7, 11) is -2.27. The normalized spacial score (nSPS) is 11.6. The fourth-order valence-corrected chi connectivity index (χ4v) is 4.68. The molecule has 0 aliphatic carbocycles. The fraction of sp³-hybridized carbons (Fsp3) is 0.208. The summed E-state index contributed by atoms with van der Waals surface area (Å²) in [6.45, 7) is 1.61. The predicted octanol–water partition coefficient (Wildman–Crippen LogP) is 3.45. The maximum absolute atomic E-state index is 13.4. The molecule has 0 spiro atoms. The molecule has 0 radical (unpaired) electrons. The predicted molar refractivity (Wildman–Crippen MR) is 123 cm³/mol. The van der Waals surface area contributed by atoms with Gasteiger partial charge in [0.05, 0.1) is 30.0 Å². The number of amides is 1. The molecule has 0 aliphatic rings. The molecule has 32 heavy (non-hydrogen) atoms. The number of aliphatic hydroxyl groups excluding tert-OH is 1. The van der Waals surface area contributed by atoms with Crippen LogP contribution in [-0.2, 0) is 21.4 Å². The Kier molecular flexibility index (Phi) is 7.50. The molecule has 0 saturated heterocycles. The largest absolute Gasteiger partial charge is 0.465 e. The van der Waals surface area contributed by atoms with E-state index >= 15 is 0 Å². The Morgan fingerprint density at radius 2 is 1.78 bits per heavy atom. The number of para-hydroxylation sites is 1. The average Bonchev–Trinajstić information content (AvgIpc) is 3.30. The highest BCUT2D eigenvalue weighted by atomic mass is 32.2. The van der Waals surface area contributed by atoms with Crippen LogP contribution in [0.4, 0.5) is 5.69 Å². The number of aryl methyl sites for hydroxylation is 1. The molecule has 168 valence electrons. The second kappa shape index (κ2) is 10.3. The topological polar surface area (TPSA) is 91.1 Å². The molecule has 0 aliphatic heterocycles. The standard InChI is InChI=1S/C24H26N2O5S/c1-19-9-12-22(13-10-19)32(29,30)26(15-16-27)23-8-4-3-6-20(23)18-25(2)24(28)14-11-21-7-5-17-31-21/h3-14,17,27H,15-16,18H2,1-2H3/b14-11+. The van der Waals surface area contributed by atoms with Gasteiger partial charge < -0.3 is 14.4 Å². The number of anilines is 1. The summed E-state index contributed by atoms with van der Waals surface area (Å²) < 4.78 is 33.1. The molecule has 3 rings (SSSR count). The molecule has 1 amide bonds. The van der Waals surface area contributed by atoms with Crippen molar-refractivity contribution in [1.29, 1.82) is 0 Å². The number of likely N-dealkylation sites (N-methyl/N-ethyl adjacent to an activating group) is 1. The van der Waals surface area contributed by atoms with Crippen LogP contribution in [0.5, 0.6) is 0 Å². The lowest BCUT2D eigenvalue weighted by atomic mass is 10.1. The second-order valence-electron chi connectivity index (χ2n) is 7.29. The van der Waals surface area contributed by atoms with Crippen LogP contribution in [0.25, 0.3) is 6.08 Å². The first-order chi connectivity index (χ1) is 15.3. The van der Waals surface area contributed by atoms with Crippen molar-refractivity contribution in [2.75, 3.05) is 24.5 Å². The summed E-state index contributed by atoms with van der Waals surface area (Å²) >= 11 is 0. The van der Waals surface area contributed by atoms with E-state index in [1.54, 1.807) is 73.8 Å². The van der Waals surface area contributed by atoms with Gasteiger partial charge in [-0.1, -0.05) is 35.9 Å². The average molecular weight is 455 g/mol. The Morgan fingerprint density at radius 1 is 1.06 bits per heavy atom. The van der Waals surface area contributed by atoms with E-state index in [1.807, 2.05) is 6.92 Å². The molecule has 2 aromatic carbocycles. The van der Waals surface area contributed by atoms with Gasteiger partial charge in [0.15, 0.2) is 0 Å². The van der Waals surface area contributed by atoms with Crippen molar-refractivity contribution >= 4 is 27.7 Å². The number of hydrogen-bond acceptors (Lipinski definition) is 5. The van der Waals surface area contributed by atoms with E-state index in [0.717, 1.165) is 5.56 Å². The second-order valence-corrected chi connectivity index (χ2v) is 9.15. The van der Waals surface area contributed by atoms with Crippen LogP contribution < -0.4 is 4.31 Å². The molecule has 0 saturated carbocycles. The minimum absolute atomic E-state index is 0.108. The Hall–Kier alpha value is -3.36. The van der Waals surface area contributed by atoms with Gasteiger partial charge in [-0.2, -0.15) is 0 Å². The van der Waals surface area contributed by atoms with Crippen LogP contribution >= 0.6 is 0 Å². The van der Waals surface area contributed by atoms with Crippen molar-refractivity contribution in [2.24, 2.45) is 0 Å². The van der Waals surface area contributed by atoms with Gasteiger partial charge in [0, 0.05) is 19.7 Å². The molecule has 8 heteroatoms. The lowest BCUT2D eigenvalue weighted by Crippen LogP contribution is -2.35. The van der Waals surface area contributed by atoms with Crippen LogP contribution in [0.3, 0.4) is 0 Å². The molecular weight excluding hydrogens is 428 g/mol. The van der Waals surface area contributed by atoms with Gasteiger partial charge in [0.1, 0.15) is 5.76 Å². The molecule has 1 aromatic heterocycles. The van der Waals surface area contributed by atoms with E-state index in [9.17, 15) is 18.3 Å². The maximum Gasteiger partial charge on any atom is 0.264 e. The summed E-state index contributed by atoms with van der Waals surface area (Å²) in [5, 5.41) is 9.59. The minimum atomic E-state index is -3.91. The third kappa shape index (κ3) is 5.46. The van der Waals surface area contributed by atoms with Gasteiger partial charge >= 0.3 is 0 Å². The molecular formula is C24H26N2O5S. The zero-order chi connectivity index (χ0) is 23.1. The lowest BCUT2D eigenvalue weighted by molar-refractivity contribution is -0.125. The Labute approximate surface area is 188 Å². The first-order valence-corrected chi connectivity index (χ1v) is 11.5. The highest BCUT2D eigenvalue weighted by molar-refractivity contribution is 7.92. The summed E-state index contributed by atoms with van der Waals surface area (Å²) in [4.78, 5) is 14.1. The van der Waals surface area contributed by atoms with Crippen molar-refractivity contribution in [1.82, 2.24) is 4.90 Å². The van der Waals surface area contributed by atoms with Gasteiger partial charge in [0.25, 0.3) is 10.0 Å². The Morgan fingerprint density at radius 3 is 2.44 bits per heavy atom. The van der Waals surface area contributed by atoms with E-state index in [-0.39, 0.29) is 30.5 Å². The highest BCUT2D eigenvalue weighted by Gasteiger charge is 2.26. The number of hydrogen-bond donors (Lipinski definition) is 1. The number of sulfonamides is 1. The van der Waals surface area contributed by atoms with Gasteiger partial charge in [-0.05, 0) is 48.9 Å². The van der Waals surface area contributed by atoms with E-state index in [2.05, 4.69) is 0 Å². The zero-order valence-electron chi connectivity index (χ0n) is 18.0. The Balaban J connectivity index is 1.88. The smallest absolute Gasteiger partial charge is 0.264 e. The summed E-state index contributed by atoms with van der Waals surface area (Å²) in [6.07, 6.45) is 4.50. The lowest BCUT2D eigenvalue weighted by Gasteiger charge is -2.27. The molecule has 7 nitrogen and oxygen atoms in total. The van der Waals surface area contributed by atoms with Crippen LogP contribution in [0, 0.1) is 6.92 Å². The number of aliphatic hydroxyl groups is 1. The first-order valence-electron chi connectivity index (χ1n) is 10.1. The SMILES string of the molecule is Cc1ccc(S(=O)(=O)N(CCO)c2ccccc2CN(C)C(=O)/C=C/c2ccco2)cc1. The number of furan rings is 1. The van der Waals surface area contributed by atoms with Crippen molar-refractivity contribution < 1.29 is 22.7 Å². The van der Waals surface area contributed by atoms with Crippen molar-refractivity contribution in [3.8, 4) is 0 Å². The minimum Gasteiger partial charge on any atom is -0.465 e. The number of rotatable bonds is 9. The number of carbonyl (C=O) groups excluding carboxylic acids is 1. The first kappa shape index (κ1) is 23.3. The quantitative estimate of drug-likeness (QED) is 0.500. The van der Waals surface area contributed by atoms with Crippen molar-refractivity contribution in [3.05, 3.63) is 89.9 Å². The monoisotopic (exact) mass is 454 g/mol. The van der Waals surface area contributed by atoms with Crippen LogP contribution in [-0.4, -0.2) is 44.5 Å². The van der Waals surface area contributed by atoms with E-state index < -0.39 is 10.0 Å². The van der Waals surface area contributed by atoms with Crippen molar-refractivity contribution in [2.45, 2.75) is 18.4 Å². The zero-order valence-corrected chi connectivity index (χ0v) is 18.8. The molecule has 0 atom stereocenters. The number of benzene rings is 2. The van der Waals surface area contributed by atoms with E-state index in [0.29, 0.717) is 17.0 Å². The Bertz CT molecular complexity index is 1170. The molecule has 0 fully saturated rings. The van der Waals surface area contributed by atoms with Crippen LogP contribution in [0.15, 0.2) is 82.3 Å². The van der Waals surface area contributed by atoms with Gasteiger partial charge in [-0.25, -0.2) is 8.42 Å². The fourth-order valence-electron chi connectivity index (χ4n) is 3.19. The van der Waals surface area contributed by atoms with Crippen LogP contribution in [0.2, 0.25) is 0 Å². The van der Waals surface area contributed by atoms with Gasteiger partial charge in [-0.3, -0.25) is 9.10 Å². The van der Waals surface area contributed by atoms with Crippen LogP contribution in [0.1, 0.15) is 16.9 Å².